The molecule has 2 N–H and O–H groups in total. The first-order valence-corrected chi connectivity index (χ1v) is 5.87. The highest BCUT2D eigenvalue weighted by molar-refractivity contribution is 5.95. The van der Waals surface area contributed by atoms with Crippen molar-refractivity contribution < 1.29 is 19.8 Å². The van der Waals surface area contributed by atoms with E-state index in [1.165, 1.54) is 0 Å². The Labute approximate surface area is 106 Å². The van der Waals surface area contributed by atoms with Crippen molar-refractivity contribution in [3.63, 3.8) is 0 Å². The SMILES string of the molecule is CC(C)C(O)(CC(=O)CC(=O)O)c1ccccc1. The van der Waals surface area contributed by atoms with Crippen molar-refractivity contribution >= 4 is 11.8 Å². The van der Waals surface area contributed by atoms with E-state index in [0.717, 1.165) is 0 Å². The molecule has 0 fully saturated rings. The summed E-state index contributed by atoms with van der Waals surface area (Å²) < 4.78 is 0. The molecule has 0 amide bonds. The molecule has 0 aliphatic carbocycles. The molecule has 0 spiro atoms. The van der Waals surface area contributed by atoms with Gasteiger partial charge >= 0.3 is 5.97 Å². The number of aliphatic carboxylic acids is 1. The normalized spacial score (nSPS) is 14.2. The van der Waals surface area contributed by atoms with E-state index >= 15 is 0 Å². The quantitative estimate of drug-likeness (QED) is 0.757. The van der Waals surface area contributed by atoms with Crippen LogP contribution in [0.25, 0.3) is 0 Å². The van der Waals surface area contributed by atoms with Gasteiger partial charge in [-0.25, -0.2) is 0 Å². The topological polar surface area (TPSA) is 74.6 Å². The molecule has 0 heterocycles. The summed E-state index contributed by atoms with van der Waals surface area (Å²) in [6.07, 6.45) is -0.733. The van der Waals surface area contributed by atoms with Gasteiger partial charge in [-0.2, -0.15) is 0 Å². The highest BCUT2D eigenvalue weighted by atomic mass is 16.4. The van der Waals surface area contributed by atoms with Gasteiger partial charge in [0.1, 0.15) is 12.2 Å². The number of Topliss-reactive ketones (excluding diaryl/α,β-unsaturated/α-hetero) is 1. The minimum Gasteiger partial charge on any atom is -0.481 e. The first kappa shape index (κ1) is 14.4. The highest BCUT2D eigenvalue weighted by Gasteiger charge is 2.35. The van der Waals surface area contributed by atoms with Gasteiger partial charge in [-0.15, -0.1) is 0 Å². The van der Waals surface area contributed by atoms with Crippen molar-refractivity contribution in [2.24, 2.45) is 5.92 Å². The molecule has 4 nitrogen and oxygen atoms in total. The van der Waals surface area contributed by atoms with E-state index in [-0.39, 0.29) is 12.3 Å². The summed E-state index contributed by atoms with van der Waals surface area (Å²) in [4.78, 5) is 22.1. The van der Waals surface area contributed by atoms with Crippen molar-refractivity contribution in [1.29, 1.82) is 0 Å². The first-order chi connectivity index (χ1) is 8.36. The molecule has 0 aliphatic rings. The van der Waals surface area contributed by atoms with E-state index in [0.29, 0.717) is 5.56 Å². The lowest BCUT2D eigenvalue weighted by molar-refractivity contribution is -0.142. The Kier molecular flexibility index (Phi) is 4.62. The second kappa shape index (κ2) is 5.78. The molecule has 98 valence electrons. The fraction of sp³-hybridized carbons (Fsp3) is 0.429. The van der Waals surface area contributed by atoms with Gasteiger partial charge in [0.2, 0.25) is 0 Å². The standard InChI is InChI=1S/C14H18O4/c1-10(2)14(18,9-12(15)8-13(16)17)11-6-4-3-5-7-11/h3-7,10,18H,8-9H2,1-2H3,(H,16,17). The summed E-state index contributed by atoms with van der Waals surface area (Å²) in [7, 11) is 0. The lowest BCUT2D eigenvalue weighted by atomic mass is 9.79. The third-order valence-corrected chi connectivity index (χ3v) is 3.04. The predicted octanol–water partition coefficient (Wildman–Crippen LogP) is 1.96. The molecule has 18 heavy (non-hydrogen) atoms. The van der Waals surface area contributed by atoms with Crippen LogP contribution in [0.4, 0.5) is 0 Å². The minimum atomic E-state index is -1.31. The van der Waals surface area contributed by atoms with Crippen LogP contribution in [-0.2, 0) is 15.2 Å². The molecule has 1 rings (SSSR count). The molecule has 0 radical (unpaired) electrons. The monoisotopic (exact) mass is 250 g/mol. The predicted molar refractivity (Wildman–Crippen MR) is 67.1 cm³/mol. The largest absolute Gasteiger partial charge is 0.481 e. The van der Waals surface area contributed by atoms with Crippen LogP contribution in [0.3, 0.4) is 0 Å². The van der Waals surface area contributed by atoms with Crippen LogP contribution >= 0.6 is 0 Å². The summed E-state index contributed by atoms with van der Waals surface area (Å²) in [6, 6.07) is 8.88. The zero-order valence-corrected chi connectivity index (χ0v) is 10.6. The van der Waals surface area contributed by atoms with Gasteiger partial charge in [-0.1, -0.05) is 44.2 Å². The van der Waals surface area contributed by atoms with Gasteiger partial charge in [0.25, 0.3) is 0 Å². The maximum atomic E-state index is 11.6. The van der Waals surface area contributed by atoms with E-state index in [1.54, 1.807) is 38.1 Å². The minimum absolute atomic E-state index is 0.180. The highest BCUT2D eigenvalue weighted by Crippen LogP contribution is 2.33. The Morgan fingerprint density at radius 1 is 1.22 bits per heavy atom. The van der Waals surface area contributed by atoms with Gasteiger partial charge in [0.15, 0.2) is 0 Å². The number of carbonyl (C=O) groups is 2. The lowest BCUT2D eigenvalue weighted by Gasteiger charge is -2.32. The van der Waals surface area contributed by atoms with Gasteiger partial charge < -0.3 is 10.2 Å². The van der Waals surface area contributed by atoms with Gasteiger partial charge in [0.05, 0.1) is 5.60 Å². The molecular formula is C14H18O4. The molecular weight excluding hydrogens is 232 g/mol. The molecule has 1 atom stereocenters. The van der Waals surface area contributed by atoms with Crippen molar-refractivity contribution in [2.45, 2.75) is 32.3 Å². The molecule has 4 heteroatoms. The number of benzene rings is 1. The van der Waals surface area contributed by atoms with E-state index in [1.807, 2.05) is 6.07 Å². The van der Waals surface area contributed by atoms with Crippen molar-refractivity contribution in [1.82, 2.24) is 0 Å². The second-order valence-corrected chi connectivity index (χ2v) is 4.73. The molecule has 1 aromatic carbocycles. The average Bonchev–Trinajstić information content (AvgIpc) is 2.28. The van der Waals surface area contributed by atoms with Gasteiger partial charge in [-0.05, 0) is 11.5 Å². The number of carboxylic acids is 1. The fourth-order valence-corrected chi connectivity index (χ4v) is 1.90. The number of carboxylic acid groups (broad SMARTS) is 1. The van der Waals surface area contributed by atoms with E-state index in [4.69, 9.17) is 5.11 Å². The third kappa shape index (κ3) is 3.40. The van der Waals surface area contributed by atoms with Crippen molar-refractivity contribution in [3.8, 4) is 0 Å². The number of carbonyl (C=O) groups excluding carboxylic acids is 1. The van der Waals surface area contributed by atoms with E-state index in [2.05, 4.69) is 0 Å². The molecule has 0 bridgehead atoms. The maximum absolute atomic E-state index is 11.6. The molecule has 1 unspecified atom stereocenters. The summed E-state index contributed by atoms with van der Waals surface area (Å²) in [5.74, 6) is -1.82. The van der Waals surface area contributed by atoms with E-state index < -0.39 is 23.8 Å². The van der Waals surface area contributed by atoms with Crippen LogP contribution in [0, 0.1) is 5.92 Å². The van der Waals surface area contributed by atoms with E-state index in [9.17, 15) is 14.7 Å². The number of aliphatic hydroxyl groups is 1. The molecule has 1 aromatic rings. The average molecular weight is 250 g/mol. The van der Waals surface area contributed by atoms with Crippen molar-refractivity contribution in [3.05, 3.63) is 35.9 Å². The van der Waals surface area contributed by atoms with Crippen LogP contribution in [0.5, 0.6) is 0 Å². The van der Waals surface area contributed by atoms with Crippen LogP contribution in [0.2, 0.25) is 0 Å². The number of hydrogen-bond acceptors (Lipinski definition) is 3. The third-order valence-electron chi connectivity index (χ3n) is 3.04. The molecule has 0 saturated carbocycles. The Hall–Kier alpha value is -1.68. The maximum Gasteiger partial charge on any atom is 0.310 e. The second-order valence-electron chi connectivity index (χ2n) is 4.73. The number of rotatable bonds is 6. The number of ketones is 1. The number of hydrogen-bond donors (Lipinski definition) is 2. The Bertz CT molecular complexity index is 425. The smallest absolute Gasteiger partial charge is 0.310 e. The van der Waals surface area contributed by atoms with Crippen LogP contribution in [0.1, 0.15) is 32.3 Å². The van der Waals surface area contributed by atoms with Crippen molar-refractivity contribution in [2.75, 3.05) is 0 Å². The summed E-state index contributed by atoms with van der Waals surface area (Å²) in [5.41, 5.74) is -0.674. The Morgan fingerprint density at radius 3 is 2.22 bits per heavy atom. The van der Waals surface area contributed by atoms with Crippen LogP contribution < -0.4 is 0 Å². The fourth-order valence-electron chi connectivity index (χ4n) is 1.90. The van der Waals surface area contributed by atoms with Gasteiger partial charge in [0, 0.05) is 6.42 Å². The molecule has 0 aliphatic heterocycles. The molecule has 0 saturated heterocycles. The summed E-state index contributed by atoms with van der Waals surface area (Å²) >= 11 is 0. The first-order valence-electron chi connectivity index (χ1n) is 5.87. The summed E-state index contributed by atoms with van der Waals surface area (Å²) in [6.45, 7) is 3.61. The zero-order chi connectivity index (χ0) is 13.8. The Morgan fingerprint density at radius 2 is 1.78 bits per heavy atom. The lowest BCUT2D eigenvalue weighted by Crippen LogP contribution is -2.35. The molecule has 0 aromatic heterocycles. The van der Waals surface area contributed by atoms with Crippen LogP contribution in [0.15, 0.2) is 30.3 Å². The van der Waals surface area contributed by atoms with Crippen LogP contribution in [-0.4, -0.2) is 22.0 Å². The Balaban J connectivity index is 2.95. The van der Waals surface area contributed by atoms with Gasteiger partial charge in [-0.3, -0.25) is 9.59 Å². The summed E-state index contributed by atoms with van der Waals surface area (Å²) in [5, 5.41) is 19.2. The zero-order valence-electron chi connectivity index (χ0n) is 10.6.